The van der Waals surface area contributed by atoms with Gasteiger partial charge in [0.25, 0.3) is 0 Å². The number of benzene rings is 2. The van der Waals surface area contributed by atoms with Gasteiger partial charge >= 0.3 is 0 Å². The molecule has 23 heavy (non-hydrogen) atoms. The molecule has 3 rings (SSSR count). The van der Waals surface area contributed by atoms with Crippen LogP contribution in [-0.4, -0.2) is 0 Å². The summed E-state index contributed by atoms with van der Waals surface area (Å²) in [6, 6.07) is 8.52. The molecule has 0 saturated heterocycles. The molecule has 0 saturated carbocycles. The van der Waals surface area contributed by atoms with Crippen LogP contribution in [0.25, 0.3) is 22.3 Å². The fourth-order valence-electron chi connectivity index (χ4n) is 2.65. The van der Waals surface area contributed by atoms with Crippen molar-refractivity contribution in [1.29, 1.82) is 0 Å². The van der Waals surface area contributed by atoms with Crippen LogP contribution in [0.15, 0.2) is 45.6 Å². The Morgan fingerprint density at radius 2 is 1.74 bits per heavy atom. The molecule has 3 aromatic rings. The van der Waals surface area contributed by atoms with Crippen molar-refractivity contribution >= 4 is 11.0 Å². The molecule has 0 bridgehead atoms. The predicted molar refractivity (Wildman–Crippen MR) is 86.7 cm³/mol. The van der Waals surface area contributed by atoms with Gasteiger partial charge in [-0.25, -0.2) is 8.78 Å². The largest absolute Gasteiger partial charge is 0.456 e. The average molecular weight is 314 g/mol. The van der Waals surface area contributed by atoms with E-state index in [1.165, 1.54) is 12.1 Å². The highest BCUT2D eigenvalue weighted by Gasteiger charge is 2.14. The summed E-state index contributed by atoms with van der Waals surface area (Å²) < 4.78 is 32.4. The summed E-state index contributed by atoms with van der Waals surface area (Å²) in [5.74, 6) is -1.51. The molecule has 0 aliphatic heterocycles. The molecule has 0 radical (unpaired) electrons. The van der Waals surface area contributed by atoms with Crippen LogP contribution in [0, 0.1) is 18.6 Å². The van der Waals surface area contributed by atoms with E-state index in [1.807, 2.05) is 26.8 Å². The van der Waals surface area contributed by atoms with Crippen molar-refractivity contribution in [3.63, 3.8) is 0 Å². The van der Waals surface area contributed by atoms with Gasteiger partial charge in [0, 0.05) is 11.6 Å². The van der Waals surface area contributed by atoms with Gasteiger partial charge < -0.3 is 4.42 Å². The van der Waals surface area contributed by atoms with E-state index in [1.54, 1.807) is 6.07 Å². The van der Waals surface area contributed by atoms with E-state index in [2.05, 4.69) is 0 Å². The smallest absolute Gasteiger partial charge is 0.193 e. The molecule has 2 aromatic carbocycles. The zero-order valence-electron chi connectivity index (χ0n) is 13.1. The zero-order chi connectivity index (χ0) is 16.7. The lowest BCUT2D eigenvalue weighted by Gasteiger charge is -2.12. The molecule has 0 spiro atoms. The van der Waals surface area contributed by atoms with Crippen molar-refractivity contribution in [3.05, 3.63) is 69.4 Å². The SMILES string of the molecule is Cc1cc(C(C)C)c2oc(-c3ccc(F)c(F)c3)cc(=O)c2c1. The molecule has 0 amide bonds. The highest BCUT2D eigenvalue weighted by molar-refractivity contribution is 5.83. The highest BCUT2D eigenvalue weighted by Crippen LogP contribution is 2.29. The van der Waals surface area contributed by atoms with E-state index in [9.17, 15) is 13.6 Å². The zero-order valence-corrected chi connectivity index (χ0v) is 13.1. The molecule has 118 valence electrons. The average Bonchev–Trinajstić information content (AvgIpc) is 2.49. The maximum absolute atomic E-state index is 13.4. The minimum atomic E-state index is -0.974. The number of aryl methyl sites for hydroxylation is 1. The Labute approximate surface area is 132 Å². The van der Waals surface area contributed by atoms with Crippen molar-refractivity contribution in [1.82, 2.24) is 0 Å². The van der Waals surface area contributed by atoms with Crippen molar-refractivity contribution in [2.75, 3.05) is 0 Å². The van der Waals surface area contributed by atoms with Gasteiger partial charge in [0.05, 0.1) is 5.39 Å². The summed E-state index contributed by atoms with van der Waals surface area (Å²) in [4.78, 5) is 12.4. The standard InChI is InChI=1S/C19H16F2O2/c1-10(2)13-6-11(3)7-14-17(22)9-18(23-19(13)14)12-4-5-15(20)16(21)8-12/h4-10H,1-3H3. The van der Waals surface area contributed by atoms with Crippen LogP contribution in [-0.2, 0) is 0 Å². The van der Waals surface area contributed by atoms with Crippen molar-refractivity contribution in [2.24, 2.45) is 0 Å². The molecule has 0 aliphatic carbocycles. The lowest BCUT2D eigenvalue weighted by molar-refractivity contribution is 0.508. The predicted octanol–water partition coefficient (Wildman–Crippen LogP) is 5.17. The first-order valence-electron chi connectivity index (χ1n) is 7.40. The number of fused-ring (bicyclic) bond motifs is 1. The molecule has 2 nitrogen and oxygen atoms in total. The third kappa shape index (κ3) is 2.77. The summed E-state index contributed by atoms with van der Waals surface area (Å²) in [5.41, 5.74) is 2.53. The first kappa shape index (κ1) is 15.4. The van der Waals surface area contributed by atoms with Crippen LogP contribution >= 0.6 is 0 Å². The summed E-state index contributed by atoms with van der Waals surface area (Å²) in [6.45, 7) is 5.95. The van der Waals surface area contributed by atoms with E-state index in [4.69, 9.17) is 4.42 Å². The Morgan fingerprint density at radius 1 is 1.00 bits per heavy atom. The Balaban J connectivity index is 2.32. The van der Waals surface area contributed by atoms with Gasteiger partial charge in [0.2, 0.25) is 0 Å². The highest BCUT2D eigenvalue weighted by atomic mass is 19.2. The van der Waals surface area contributed by atoms with Crippen LogP contribution < -0.4 is 5.43 Å². The molecule has 4 heteroatoms. The van der Waals surface area contributed by atoms with Gasteiger partial charge in [-0.2, -0.15) is 0 Å². The second-order valence-corrected chi connectivity index (χ2v) is 5.99. The summed E-state index contributed by atoms with van der Waals surface area (Å²) >= 11 is 0. The number of halogens is 2. The summed E-state index contributed by atoms with van der Waals surface area (Å²) in [5, 5.41) is 0.500. The number of hydrogen-bond acceptors (Lipinski definition) is 2. The summed E-state index contributed by atoms with van der Waals surface area (Å²) in [6.07, 6.45) is 0. The van der Waals surface area contributed by atoms with E-state index < -0.39 is 11.6 Å². The Kier molecular flexibility index (Phi) is 3.76. The molecule has 0 N–H and O–H groups in total. The van der Waals surface area contributed by atoms with E-state index in [0.717, 1.165) is 23.3 Å². The maximum atomic E-state index is 13.4. The van der Waals surface area contributed by atoms with Gasteiger partial charge in [0.15, 0.2) is 17.1 Å². The Hall–Kier alpha value is -2.49. The van der Waals surface area contributed by atoms with Gasteiger partial charge in [0.1, 0.15) is 11.3 Å². The van der Waals surface area contributed by atoms with E-state index in [0.29, 0.717) is 16.5 Å². The van der Waals surface area contributed by atoms with Crippen LogP contribution in [0.5, 0.6) is 0 Å². The van der Waals surface area contributed by atoms with Crippen molar-refractivity contribution in [2.45, 2.75) is 26.7 Å². The van der Waals surface area contributed by atoms with Gasteiger partial charge in [-0.3, -0.25) is 4.79 Å². The maximum Gasteiger partial charge on any atom is 0.193 e. The molecular weight excluding hydrogens is 298 g/mol. The van der Waals surface area contributed by atoms with Crippen LogP contribution in [0.3, 0.4) is 0 Å². The first-order chi connectivity index (χ1) is 10.9. The molecule has 1 aromatic heterocycles. The van der Waals surface area contributed by atoms with Gasteiger partial charge in [-0.1, -0.05) is 19.9 Å². The normalized spacial score (nSPS) is 11.4. The molecule has 0 aliphatic rings. The molecular formula is C19H16F2O2. The number of rotatable bonds is 2. The van der Waals surface area contributed by atoms with Crippen molar-refractivity contribution in [3.8, 4) is 11.3 Å². The van der Waals surface area contributed by atoms with Gasteiger partial charge in [-0.15, -0.1) is 0 Å². The van der Waals surface area contributed by atoms with Crippen LogP contribution in [0.4, 0.5) is 8.78 Å². The first-order valence-corrected chi connectivity index (χ1v) is 7.40. The van der Waals surface area contributed by atoms with Crippen LogP contribution in [0.2, 0.25) is 0 Å². The molecule has 0 atom stereocenters. The monoisotopic (exact) mass is 314 g/mol. The fourth-order valence-corrected chi connectivity index (χ4v) is 2.65. The second-order valence-electron chi connectivity index (χ2n) is 5.99. The molecule has 0 fully saturated rings. The van der Waals surface area contributed by atoms with Gasteiger partial charge in [-0.05, 0) is 48.2 Å². The third-order valence-electron chi connectivity index (χ3n) is 3.83. The van der Waals surface area contributed by atoms with E-state index >= 15 is 0 Å². The lowest BCUT2D eigenvalue weighted by Crippen LogP contribution is -2.04. The second kappa shape index (κ2) is 5.61. The topological polar surface area (TPSA) is 30.2 Å². The quantitative estimate of drug-likeness (QED) is 0.653. The van der Waals surface area contributed by atoms with Crippen molar-refractivity contribution < 1.29 is 13.2 Å². The summed E-state index contributed by atoms with van der Waals surface area (Å²) in [7, 11) is 0. The Morgan fingerprint density at radius 3 is 2.39 bits per heavy atom. The van der Waals surface area contributed by atoms with Crippen LogP contribution in [0.1, 0.15) is 30.9 Å². The fraction of sp³-hybridized carbons (Fsp3) is 0.211. The minimum absolute atomic E-state index is 0.167. The molecule has 0 unspecified atom stereocenters. The number of hydrogen-bond donors (Lipinski definition) is 0. The lowest BCUT2D eigenvalue weighted by atomic mass is 9.97. The molecule has 1 heterocycles. The third-order valence-corrected chi connectivity index (χ3v) is 3.83. The van der Waals surface area contributed by atoms with E-state index in [-0.39, 0.29) is 17.1 Å². The Bertz CT molecular complexity index is 955. The minimum Gasteiger partial charge on any atom is -0.456 e.